The predicted octanol–water partition coefficient (Wildman–Crippen LogP) is 3.21. The zero-order valence-electron chi connectivity index (χ0n) is 15.5. The molecule has 0 spiro atoms. The zero-order valence-corrected chi connectivity index (χ0v) is 15.5. The lowest BCUT2D eigenvalue weighted by molar-refractivity contribution is -0.869. The first-order chi connectivity index (χ1) is 11.3. The largest absolute Gasteiger partial charge is 0.354 e. The third-order valence-corrected chi connectivity index (χ3v) is 5.12. The fourth-order valence-electron chi connectivity index (χ4n) is 3.61. The van der Waals surface area contributed by atoms with Crippen LogP contribution in [0.5, 0.6) is 0 Å². The van der Waals surface area contributed by atoms with E-state index in [1.165, 1.54) is 41.5 Å². The van der Waals surface area contributed by atoms with Gasteiger partial charge < -0.3 is 15.2 Å². The maximum Gasteiger partial charge on any atom is 0.194 e. The van der Waals surface area contributed by atoms with Gasteiger partial charge in [0.2, 0.25) is 0 Å². The average Bonchev–Trinajstić information content (AvgIpc) is 2.87. The molecule has 2 heterocycles. The van der Waals surface area contributed by atoms with Crippen molar-refractivity contribution in [1.82, 2.24) is 15.2 Å². The van der Waals surface area contributed by atoms with Crippen molar-refractivity contribution in [3.05, 3.63) is 47.9 Å². The number of likely N-dealkylation sites (N-methyl/N-ethyl adjacent to an activating group) is 1. The molecule has 0 aliphatic carbocycles. The van der Waals surface area contributed by atoms with Crippen LogP contribution in [0.1, 0.15) is 24.1 Å². The Kier molecular flexibility index (Phi) is 4.70. The first-order valence-electron chi connectivity index (χ1n) is 8.89. The topological polar surface area (TPSA) is 31.1 Å². The van der Waals surface area contributed by atoms with Crippen molar-refractivity contribution < 1.29 is 4.48 Å². The van der Waals surface area contributed by atoms with Crippen LogP contribution in [-0.2, 0) is 6.54 Å². The van der Waals surface area contributed by atoms with Crippen molar-refractivity contribution in [2.24, 2.45) is 0 Å². The molecule has 4 heteroatoms. The van der Waals surface area contributed by atoms with Crippen molar-refractivity contribution in [3.8, 4) is 0 Å². The number of likely N-dealkylation sites (tertiary alicyclic amines) is 1. The van der Waals surface area contributed by atoms with Crippen LogP contribution in [0.4, 0.5) is 0 Å². The smallest absolute Gasteiger partial charge is 0.194 e. The quantitative estimate of drug-likeness (QED) is 0.826. The Labute approximate surface area is 145 Å². The Balaban J connectivity index is 1.68. The number of H-pyrrole nitrogens is 1. The Hall–Kier alpha value is -1.78. The number of aromatic amines is 1. The Morgan fingerprint density at radius 3 is 2.92 bits per heavy atom. The number of fused-ring (bicyclic) bond motifs is 1. The zero-order chi connectivity index (χ0) is 17.3. The molecule has 0 amide bonds. The summed E-state index contributed by atoms with van der Waals surface area (Å²) in [4.78, 5) is 5.95. The number of hydrogen-bond acceptors (Lipinski definition) is 2. The van der Waals surface area contributed by atoms with Crippen LogP contribution < -0.4 is 5.32 Å². The molecule has 2 aromatic rings. The summed E-state index contributed by atoms with van der Waals surface area (Å²) in [6, 6.07) is 9.34. The standard InChI is InChI=1S/C20H31N4/c1-15-8-9-20-17(11-15)12-19(22-20)14-24(4,5)16(2)21-18-7-6-10-23(3)13-18/h8-9,11-12,18,21-22H,2,6-7,10,13-14H2,1,3-5H3/q+1. The summed E-state index contributed by atoms with van der Waals surface area (Å²) in [6.07, 6.45) is 2.49. The summed E-state index contributed by atoms with van der Waals surface area (Å²) in [5.74, 6) is 1.09. The lowest BCUT2D eigenvalue weighted by Gasteiger charge is -2.36. The second-order valence-corrected chi connectivity index (χ2v) is 7.92. The number of nitrogens with one attached hydrogen (secondary N) is 2. The van der Waals surface area contributed by atoms with Crippen LogP contribution in [0.2, 0.25) is 0 Å². The van der Waals surface area contributed by atoms with Crippen LogP contribution >= 0.6 is 0 Å². The monoisotopic (exact) mass is 327 g/mol. The lowest BCUT2D eigenvalue weighted by Crippen LogP contribution is -2.50. The highest BCUT2D eigenvalue weighted by molar-refractivity contribution is 5.81. The fourth-order valence-corrected chi connectivity index (χ4v) is 3.61. The molecule has 0 radical (unpaired) electrons. The van der Waals surface area contributed by atoms with Gasteiger partial charge in [0.05, 0.1) is 19.8 Å². The van der Waals surface area contributed by atoms with Gasteiger partial charge in [-0.2, -0.15) is 0 Å². The van der Waals surface area contributed by atoms with Crippen molar-refractivity contribution in [3.63, 3.8) is 0 Å². The van der Waals surface area contributed by atoms with E-state index in [4.69, 9.17) is 0 Å². The normalized spacial score (nSPS) is 19.6. The Bertz CT molecular complexity index is 728. The SMILES string of the molecule is C=C(NC1CCCN(C)C1)[N+](C)(C)Cc1cc2cc(C)ccc2[nH]1. The summed E-state index contributed by atoms with van der Waals surface area (Å²) < 4.78 is 0.742. The second-order valence-electron chi connectivity index (χ2n) is 7.92. The number of piperidine rings is 1. The fraction of sp³-hybridized carbons (Fsp3) is 0.500. The Morgan fingerprint density at radius 2 is 2.17 bits per heavy atom. The van der Waals surface area contributed by atoms with Crippen LogP contribution in [0.25, 0.3) is 10.9 Å². The minimum absolute atomic E-state index is 0.513. The lowest BCUT2D eigenvalue weighted by atomic mass is 10.1. The maximum atomic E-state index is 4.34. The highest BCUT2D eigenvalue weighted by Gasteiger charge is 2.26. The minimum Gasteiger partial charge on any atom is -0.354 e. The van der Waals surface area contributed by atoms with Gasteiger partial charge in [-0.05, 0) is 58.1 Å². The van der Waals surface area contributed by atoms with Gasteiger partial charge in [0.25, 0.3) is 0 Å². The highest BCUT2D eigenvalue weighted by Crippen LogP contribution is 2.21. The molecule has 2 N–H and O–H groups in total. The van der Waals surface area contributed by atoms with Crippen molar-refractivity contribution in [2.45, 2.75) is 32.4 Å². The van der Waals surface area contributed by atoms with E-state index in [0.717, 1.165) is 23.4 Å². The molecular weight excluding hydrogens is 296 g/mol. The molecule has 1 saturated heterocycles. The van der Waals surface area contributed by atoms with Gasteiger partial charge >= 0.3 is 0 Å². The number of rotatable bonds is 5. The summed E-state index contributed by atoms with van der Waals surface area (Å²) >= 11 is 0. The molecule has 1 fully saturated rings. The molecule has 3 rings (SSSR count). The van der Waals surface area contributed by atoms with Crippen LogP contribution in [0.15, 0.2) is 36.7 Å². The van der Waals surface area contributed by atoms with Crippen LogP contribution in [0.3, 0.4) is 0 Å². The van der Waals surface area contributed by atoms with Gasteiger partial charge in [-0.15, -0.1) is 0 Å². The van der Waals surface area contributed by atoms with E-state index >= 15 is 0 Å². The molecular formula is C20H31N4+. The molecule has 0 bridgehead atoms. The molecule has 1 unspecified atom stereocenters. The van der Waals surface area contributed by atoms with Crippen molar-refractivity contribution in [2.75, 3.05) is 34.2 Å². The second kappa shape index (κ2) is 6.61. The van der Waals surface area contributed by atoms with Gasteiger partial charge in [-0.3, -0.25) is 4.48 Å². The Morgan fingerprint density at radius 1 is 1.38 bits per heavy atom. The molecule has 1 atom stereocenters. The van der Waals surface area contributed by atoms with E-state index in [1.807, 2.05) is 0 Å². The summed E-state index contributed by atoms with van der Waals surface area (Å²) in [6.45, 7) is 9.69. The molecule has 130 valence electrons. The van der Waals surface area contributed by atoms with E-state index in [1.54, 1.807) is 0 Å². The first-order valence-corrected chi connectivity index (χ1v) is 8.89. The summed E-state index contributed by atoms with van der Waals surface area (Å²) in [5, 5.41) is 4.96. The molecule has 1 aliphatic rings. The first kappa shape index (κ1) is 17.1. The number of aromatic nitrogens is 1. The third kappa shape index (κ3) is 3.82. The number of aryl methyl sites for hydroxylation is 1. The number of quaternary nitrogens is 1. The van der Waals surface area contributed by atoms with Crippen LogP contribution in [-0.4, -0.2) is 54.6 Å². The number of benzene rings is 1. The van der Waals surface area contributed by atoms with Crippen molar-refractivity contribution in [1.29, 1.82) is 0 Å². The minimum atomic E-state index is 0.513. The molecule has 1 aliphatic heterocycles. The molecule has 24 heavy (non-hydrogen) atoms. The van der Waals surface area contributed by atoms with Gasteiger partial charge in [-0.25, -0.2) is 0 Å². The highest BCUT2D eigenvalue weighted by atomic mass is 15.4. The summed E-state index contributed by atoms with van der Waals surface area (Å²) in [5.41, 5.74) is 3.77. The molecule has 1 aromatic heterocycles. The predicted molar refractivity (Wildman–Crippen MR) is 102 cm³/mol. The van der Waals surface area contributed by atoms with Gasteiger partial charge in [0.15, 0.2) is 5.82 Å². The van der Waals surface area contributed by atoms with E-state index in [2.05, 4.69) is 74.1 Å². The molecule has 4 nitrogen and oxygen atoms in total. The van der Waals surface area contributed by atoms with E-state index < -0.39 is 0 Å². The summed E-state index contributed by atoms with van der Waals surface area (Å²) in [7, 11) is 6.64. The van der Waals surface area contributed by atoms with Crippen molar-refractivity contribution >= 4 is 10.9 Å². The molecule has 0 saturated carbocycles. The molecule has 1 aromatic carbocycles. The maximum absolute atomic E-state index is 4.34. The third-order valence-electron chi connectivity index (χ3n) is 5.12. The number of hydrogen-bond donors (Lipinski definition) is 2. The number of nitrogens with zero attached hydrogens (tertiary/aromatic N) is 2. The average molecular weight is 327 g/mol. The van der Waals surface area contributed by atoms with E-state index in [0.29, 0.717) is 6.04 Å². The van der Waals surface area contributed by atoms with Gasteiger partial charge in [0, 0.05) is 23.5 Å². The van der Waals surface area contributed by atoms with E-state index in [9.17, 15) is 0 Å². The van der Waals surface area contributed by atoms with Gasteiger partial charge in [0.1, 0.15) is 6.54 Å². The van der Waals surface area contributed by atoms with Gasteiger partial charge in [-0.1, -0.05) is 11.6 Å². The van der Waals surface area contributed by atoms with E-state index in [-0.39, 0.29) is 0 Å². The van der Waals surface area contributed by atoms with Crippen LogP contribution in [0, 0.1) is 6.92 Å².